The van der Waals surface area contributed by atoms with E-state index in [-0.39, 0.29) is 57.7 Å². The van der Waals surface area contributed by atoms with Gasteiger partial charge in [-0.3, -0.25) is 14.3 Å². The van der Waals surface area contributed by atoms with Gasteiger partial charge in [-0.25, -0.2) is 22.2 Å². The molecule has 0 saturated carbocycles. The number of hydrogen-bond acceptors (Lipinski definition) is 8. The number of phenolic OH excluding ortho intramolecular Hbond substituents is 1. The van der Waals surface area contributed by atoms with E-state index in [0.29, 0.717) is 16.9 Å². The number of sulfone groups is 1. The molecule has 1 aromatic carbocycles. The van der Waals surface area contributed by atoms with Crippen LogP contribution >= 0.6 is 12.2 Å². The molecule has 4 heterocycles. The number of carbonyl (C=O) groups is 1. The second-order valence-corrected chi connectivity index (χ2v) is 13.8. The number of aromatic hydroxyl groups is 1. The van der Waals surface area contributed by atoms with Gasteiger partial charge >= 0.3 is 0 Å². The number of nitrogens with zero attached hydrogens (tertiary/aromatic N) is 5. The number of benzene rings is 1. The highest BCUT2D eigenvalue weighted by molar-refractivity contribution is 7.91. The average Bonchev–Trinajstić information content (AvgIpc) is 2.96. The summed E-state index contributed by atoms with van der Waals surface area (Å²) in [5.41, 5.74) is 1.03. The number of rotatable bonds is 6. The van der Waals surface area contributed by atoms with Crippen LogP contribution in [0, 0.1) is 23.2 Å². The van der Waals surface area contributed by atoms with Crippen LogP contribution in [0.5, 0.6) is 5.75 Å². The van der Waals surface area contributed by atoms with E-state index < -0.39 is 44.5 Å². The van der Waals surface area contributed by atoms with Gasteiger partial charge in [0.25, 0.3) is 0 Å². The number of hydrogen-bond donors (Lipinski definition) is 1. The molecule has 1 amide bonds. The maximum atomic E-state index is 16.2. The average molecular weight is 654 g/mol. The Balaban J connectivity index is 1.98. The predicted octanol–water partition coefficient (Wildman–Crippen LogP) is 5.86. The van der Waals surface area contributed by atoms with Crippen LogP contribution in [-0.4, -0.2) is 70.8 Å². The van der Waals surface area contributed by atoms with Gasteiger partial charge in [-0.15, -0.1) is 0 Å². The number of phenols is 1. The number of halogens is 2. The first-order valence-corrected chi connectivity index (χ1v) is 16.6. The minimum atomic E-state index is -4.06. The van der Waals surface area contributed by atoms with Crippen molar-refractivity contribution in [2.75, 3.05) is 30.8 Å². The Morgan fingerprint density at radius 3 is 2.49 bits per heavy atom. The van der Waals surface area contributed by atoms with E-state index in [4.69, 9.17) is 12.2 Å². The molecule has 4 aromatic rings. The van der Waals surface area contributed by atoms with Gasteiger partial charge in [0.1, 0.15) is 32.4 Å². The molecule has 9 nitrogen and oxygen atoms in total. The minimum absolute atomic E-state index is 0.0521. The zero-order valence-electron chi connectivity index (χ0n) is 25.5. The fourth-order valence-corrected chi connectivity index (χ4v) is 7.61. The molecule has 1 aliphatic heterocycles. The molecule has 3 aromatic heterocycles. The summed E-state index contributed by atoms with van der Waals surface area (Å²) in [6, 6.07) is 6.03. The monoisotopic (exact) mass is 653 g/mol. The molecule has 1 N–H and O–H groups in total. The minimum Gasteiger partial charge on any atom is -0.507 e. The van der Waals surface area contributed by atoms with Crippen LogP contribution < -0.4 is 4.90 Å². The molecule has 5 rings (SSSR count). The summed E-state index contributed by atoms with van der Waals surface area (Å²) < 4.78 is 59.9. The zero-order valence-corrected chi connectivity index (χ0v) is 27.1. The molecule has 13 heteroatoms. The van der Waals surface area contributed by atoms with Gasteiger partial charge in [-0.05, 0) is 55.7 Å². The Hall–Kier alpha value is -4.23. The fourth-order valence-electron chi connectivity index (χ4n) is 5.90. The lowest BCUT2D eigenvalue weighted by Crippen LogP contribution is -2.53. The number of pyridine rings is 3. The van der Waals surface area contributed by atoms with Crippen LogP contribution in [0.4, 0.5) is 14.5 Å². The van der Waals surface area contributed by atoms with E-state index in [0.717, 1.165) is 18.4 Å². The Morgan fingerprint density at radius 1 is 1.18 bits per heavy atom. The number of carbonyl (C=O) groups excluding carboxylic acids is 1. The number of piperazine rings is 1. The smallest absolute Gasteiger partial charge is 0.246 e. The van der Waals surface area contributed by atoms with E-state index in [1.807, 2.05) is 27.7 Å². The standard InChI is InChI=1S/C32H33F2N5O4S2/c1-7-24(41)37-13-14-38(19(5)16-37)29-20-15-22(34)27(25-21(33)9-8-10-23(25)40)36-31(20)39(32(44)30(29)45(6,42)43)28-18(4)11-12-35-26(28)17(2)3/h7-12,15,17,19,40H,1,13-14,16H2,2-6H3/t19-/m0/s1. The van der Waals surface area contributed by atoms with Crippen molar-refractivity contribution in [2.45, 2.75) is 44.6 Å². The third-order valence-corrected chi connectivity index (χ3v) is 9.60. The van der Waals surface area contributed by atoms with Gasteiger partial charge in [0, 0.05) is 43.5 Å². The van der Waals surface area contributed by atoms with Crippen LogP contribution in [-0.2, 0) is 14.6 Å². The Kier molecular flexibility index (Phi) is 8.53. The Morgan fingerprint density at radius 2 is 1.89 bits per heavy atom. The van der Waals surface area contributed by atoms with Gasteiger partial charge in [0.2, 0.25) is 5.91 Å². The highest BCUT2D eigenvalue weighted by Crippen LogP contribution is 2.42. The summed E-state index contributed by atoms with van der Waals surface area (Å²) in [4.78, 5) is 24.7. The Labute approximate surface area is 265 Å². The zero-order chi connectivity index (χ0) is 33.0. The molecule has 45 heavy (non-hydrogen) atoms. The topological polar surface area (TPSA) is 109 Å². The normalized spacial score (nSPS) is 15.6. The summed E-state index contributed by atoms with van der Waals surface area (Å²) in [7, 11) is -4.06. The van der Waals surface area contributed by atoms with Crippen molar-refractivity contribution in [3.63, 3.8) is 0 Å². The summed E-state index contributed by atoms with van der Waals surface area (Å²) in [5.74, 6) is -2.79. The van der Waals surface area contributed by atoms with Crippen molar-refractivity contribution in [1.29, 1.82) is 0 Å². The van der Waals surface area contributed by atoms with Gasteiger partial charge < -0.3 is 14.9 Å². The van der Waals surface area contributed by atoms with E-state index in [1.54, 1.807) is 22.1 Å². The number of amides is 1. The molecule has 236 valence electrons. The molecule has 0 radical (unpaired) electrons. The molecule has 0 bridgehead atoms. The fraction of sp³-hybridized carbons (Fsp3) is 0.312. The van der Waals surface area contributed by atoms with Crippen molar-refractivity contribution in [3.8, 4) is 22.7 Å². The van der Waals surface area contributed by atoms with Gasteiger partial charge in [-0.1, -0.05) is 38.7 Å². The molecule has 0 unspecified atom stereocenters. The first-order valence-electron chi connectivity index (χ1n) is 14.3. The number of aromatic nitrogens is 3. The highest BCUT2D eigenvalue weighted by atomic mass is 32.2. The van der Waals surface area contributed by atoms with Gasteiger partial charge in [-0.2, -0.15) is 0 Å². The maximum absolute atomic E-state index is 16.2. The largest absolute Gasteiger partial charge is 0.507 e. The van der Waals surface area contributed by atoms with Crippen molar-refractivity contribution < 1.29 is 27.1 Å². The molecule has 1 aliphatic rings. The lowest BCUT2D eigenvalue weighted by Gasteiger charge is -2.42. The van der Waals surface area contributed by atoms with E-state index in [2.05, 4.69) is 16.5 Å². The maximum Gasteiger partial charge on any atom is 0.246 e. The predicted molar refractivity (Wildman–Crippen MR) is 172 cm³/mol. The van der Waals surface area contributed by atoms with Crippen molar-refractivity contribution in [3.05, 3.63) is 76.7 Å². The van der Waals surface area contributed by atoms with Crippen LogP contribution in [0.3, 0.4) is 0 Å². The highest BCUT2D eigenvalue weighted by Gasteiger charge is 2.34. The molecular formula is C32H33F2N5O4S2. The lowest BCUT2D eigenvalue weighted by molar-refractivity contribution is -0.126. The summed E-state index contributed by atoms with van der Waals surface area (Å²) in [5, 5.41) is 10.7. The van der Waals surface area contributed by atoms with Crippen molar-refractivity contribution >= 4 is 44.7 Å². The first-order chi connectivity index (χ1) is 21.2. The second kappa shape index (κ2) is 11.9. The number of aryl methyl sites for hydroxylation is 1. The quantitative estimate of drug-likeness (QED) is 0.204. The molecular weight excluding hydrogens is 621 g/mol. The van der Waals surface area contributed by atoms with Crippen molar-refractivity contribution in [1.82, 2.24) is 19.4 Å². The first kappa shape index (κ1) is 32.2. The third-order valence-electron chi connectivity index (χ3n) is 7.96. The summed E-state index contributed by atoms with van der Waals surface area (Å²) in [6.07, 6.45) is 3.89. The molecule has 1 saturated heterocycles. The van der Waals surface area contributed by atoms with Crippen LogP contribution in [0.1, 0.15) is 37.9 Å². The lowest BCUT2D eigenvalue weighted by atomic mass is 10.0. The van der Waals surface area contributed by atoms with E-state index in [9.17, 15) is 18.3 Å². The van der Waals surface area contributed by atoms with E-state index >= 15 is 8.78 Å². The van der Waals surface area contributed by atoms with Gasteiger partial charge in [0.15, 0.2) is 15.7 Å². The SMILES string of the molecule is C=CC(=O)N1CCN(c2c(S(C)(=O)=O)c(=S)n(-c3c(C)ccnc3C(C)C)c3nc(-c4c(O)cccc4F)c(F)cc23)[C@@H](C)C1. The molecule has 1 atom stereocenters. The molecule has 1 fully saturated rings. The summed E-state index contributed by atoms with van der Waals surface area (Å²) in [6.45, 7) is 11.7. The van der Waals surface area contributed by atoms with Crippen LogP contribution in [0.15, 0.2) is 54.1 Å². The summed E-state index contributed by atoms with van der Waals surface area (Å²) >= 11 is 5.97. The molecule has 0 aliphatic carbocycles. The van der Waals surface area contributed by atoms with Crippen LogP contribution in [0.25, 0.3) is 28.0 Å². The second-order valence-electron chi connectivity index (χ2n) is 11.5. The Bertz CT molecular complexity index is 2030. The molecule has 0 spiro atoms. The van der Waals surface area contributed by atoms with Crippen molar-refractivity contribution in [2.24, 2.45) is 0 Å². The van der Waals surface area contributed by atoms with E-state index in [1.165, 1.54) is 22.8 Å². The van der Waals surface area contributed by atoms with Gasteiger partial charge in [0.05, 0.1) is 22.6 Å². The number of fused-ring (bicyclic) bond motifs is 1. The number of anilines is 1. The third kappa shape index (κ3) is 5.59. The van der Waals surface area contributed by atoms with Crippen LogP contribution in [0.2, 0.25) is 0 Å².